The standard InChI is InChI=1S/C12H14N2O2/c1-7-6-9(4-5-10(7)15-3)11-8(2)16-14-12(11)13/h4-6H,1-3H3,(H2,13,14). The number of rotatable bonds is 2. The summed E-state index contributed by atoms with van der Waals surface area (Å²) in [5.74, 6) is 2.00. The van der Waals surface area contributed by atoms with Gasteiger partial charge >= 0.3 is 0 Å². The molecule has 0 aliphatic rings. The molecule has 0 saturated carbocycles. The topological polar surface area (TPSA) is 61.3 Å². The molecule has 2 N–H and O–H groups in total. The molecule has 0 fully saturated rings. The predicted octanol–water partition coefficient (Wildman–Crippen LogP) is 2.55. The van der Waals surface area contributed by atoms with Crippen LogP contribution in [0.25, 0.3) is 11.1 Å². The van der Waals surface area contributed by atoms with Gasteiger partial charge in [0, 0.05) is 0 Å². The average Bonchev–Trinajstić information content (AvgIpc) is 2.58. The van der Waals surface area contributed by atoms with E-state index < -0.39 is 0 Å². The molecule has 4 nitrogen and oxygen atoms in total. The van der Waals surface area contributed by atoms with Crippen molar-refractivity contribution >= 4 is 5.82 Å². The van der Waals surface area contributed by atoms with Gasteiger partial charge in [0.05, 0.1) is 12.7 Å². The molecule has 2 rings (SSSR count). The van der Waals surface area contributed by atoms with Crippen molar-refractivity contribution in [1.82, 2.24) is 5.16 Å². The van der Waals surface area contributed by atoms with E-state index in [0.29, 0.717) is 5.82 Å². The first kappa shape index (κ1) is 10.5. The molecule has 0 saturated heterocycles. The third-order valence-electron chi connectivity index (χ3n) is 2.57. The molecule has 0 bridgehead atoms. The normalized spacial score (nSPS) is 10.4. The Morgan fingerprint density at radius 2 is 2.06 bits per heavy atom. The van der Waals surface area contributed by atoms with Crippen molar-refractivity contribution in [2.45, 2.75) is 13.8 Å². The highest BCUT2D eigenvalue weighted by molar-refractivity contribution is 5.76. The molecule has 0 amide bonds. The summed E-state index contributed by atoms with van der Waals surface area (Å²) in [6.45, 7) is 3.83. The van der Waals surface area contributed by atoms with Crippen LogP contribution in [0.1, 0.15) is 11.3 Å². The molecule has 16 heavy (non-hydrogen) atoms. The Morgan fingerprint density at radius 1 is 1.31 bits per heavy atom. The molecule has 4 heteroatoms. The van der Waals surface area contributed by atoms with Gasteiger partial charge in [-0.25, -0.2) is 0 Å². The van der Waals surface area contributed by atoms with Crippen LogP contribution < -0.4 is 10.5 Å². The number of nitrogens with zero attached hydrogens (tertiary/aromatic N) is 1. The molecule has 0 unspecified atom stereocenters. The van der Waals surface area contributed by atoms with Crippen LogP contribution in [0.3, 0.4) is 0 Å². The van der Waals surface area contributed by atoms with Gasteiger partial charge in [-0.15, -0.1) is 0 Å². The highest BCUT2D eigenvalue weighted by Gasteiger charge is 2.13. The molecule has 0 radical (unpaired) electrons. The lowest BCUT2D eigenvalue weighted by Gasteiger charge is -2.06. The molecule has 84 valence electrons. The first-order valence-corrected chi connectivity index (χ1v) is 5.00. The Bertz CT molecular complexity index is 498. The number of hydrogen-bond donors (Lipinski definition) is 1. The number of ether oxygens (including phenoxy) is 1. The summed E-state index contributed by atoms with van der Waals surface area (Å²) in [5.41, 5.74) is 8.66. The van der Waals surface area contributed by atoms with E-state index in [1.165, 1.54) is 0 Å². The zero-order valence-electron chi connectivity index (χ0n) is 9.57. The van der Waals surface area contributed by atoms with Crippen molar-refractivity contribution in [2.75, 3.05) is 12.8 Å². The average molecular weight is 218 g/mol. The molecule has 0 aliphatic heterocycles. The summed E-state index contributed by atoms with van der Waals surface area (Å²) in [5, 5.41) is 3.74. The zero-order valence-corrected chi connectivity index (χ0v) is 9.57. The van der Waals surface area contributed by atoms with Crippen LogP contribution >= 0.6 is 0 Å². The van der Waals surface area contributed by atoms with Gasteiger partial charge in [-0.1, -0.05) is 11.2 Å². The van der Waals surface area contributed by atoms with E-state index in [1.807, 2.05) is 32.0 Å². The number of methoxy groups -OCH3 is 1. The first-order chi connectivity index (χ1) is 7.63. The van der Waals surface area contributed by atoms with E-state index in [1.54, 1.807) is 7.11 Å². The third-order valence-corrected chi connectivity index (χ3v) is 2.57. The summed E-state index contributed by atoms with van der Waals surface area (Å²) in [7, 11) is 1.65. The Labute approximate surface area is 94.0 Å². The fourth-order valence-corrected chi connectivity index (χ4v) is 1.77. The van der Waals surface area contributed by atoms with Gasteiger partial charge in [-0.05, 0) is 37.1 Å². The maximum absolute atomic E-state index is 5.76. The van der Waals surface area contributed by atoms with E-state index in [-0.39, 0.29) is 0 Å². The number of aryl methyl sites for hydroxylation is 2. The Kier molecular flexibility index (Phi) is 2.56. The molecule has 1 aromatic heterocycles. The molecule has 0 aliphatic carbocycles. The van der Waals surface area contributed by atoms with Crippen LogP contribution in [0, 0.1) is 13.8 Å². The maximum atomic E-state index is 5.76. The van der Waals surface area contributed by atoms with E-state index >= 15 is 0 Å². The Balaban J connectivity index is 2.53. The van der Waals surface area contributed by atoms with E-state index in [9.17, 15) is 0 Å². The summed E-state index contributed by atoms with van der Waals surface area (Å²) >= 11 is 0. The van der Waals surface area contributed by atoms with Gasteiger partial charge in [-0.2, -0.15) is 0 Å². The van der Waals surface area contributed by atoms with Crippen LogP contribution in [0.5, 0.6) is 5.75 Å². The van der Waals surface area contributed by atoms with Crippen molar-refractivity contribution in [3.8, 4) is 16.9 Å². The number of nitrogens with two attached hydrogens (primary N) is 1. The number of anilines is 1. The van der Waals surface area contributed by atoms with Crippen molar-refractivity contribution in [2.24, 2.45) is 0 Å². The second-order valence-electron chi connectivity index (χ2n) is 3.68. The van der Waals surface area contributed by atoms with Crippen LogP contribution in [0.15, 0.2) is 22.7 Å². The lowest BCUT2D eigenvalue weighted by atomic mass is 10.0. The van der Waals surface area contributed by atoms with Gasteiger partial charge in [0.15, 0.2) is 5.82 Å². The maximum Gasteiger partial charge on any atom is 0.175 e. The van der Waals surface area contributed by atoms with Gasteiger partial charge in [0.1, 0.15) is 11.5 Å². The van der Waals surface area contributed by atoms with Crippen molar-refractivity contribution in [3.05, 3.63) is 29.5 Å². The smallest absolute Gasteiger partial charge is 0.175 e. The van der Waals surface area contributed by atoms with Gasteiger partial charge in [0.25, 0.3) is 0 Å². The lowest BCUT2D eigenvalue weighted by molar-refractivity contribution is 0.401. The summed E-state index contributed by atoms with van der Waals surface area (Å²) in [4.78, 5) is 0. The molecule has 1 heterocycles. The molecule has 1 aromatic carbocycles. The molecular weight excluding hydrogens is 204 g/mol. The predicted molar refractivity (Wildman–Crippen MR) is 62.4 cm³/mol. The quantitative estimate of drug-likeness (QED) is 0.841. The number of aromatic nitrogens is 1. The Morgan fingerprint density at radius 3 is 2.56 bits per heavy atom. The van der Waals surface area contributed by atoms with E-state index in [4.69, 9.17) is 15.0 Å². The molecule has 0 spiro atoms. The van der Waals surface area contributed by atoms with Crippen LogP contribution in [0.2, 0.25) is 0 Å². The third kappa shape index (κ3) is 1.62. The summed E-state index contributed by atoms with van der Waals surface area (Å²) in [6, 6.07) is 5.87. The Hall–Kier alpha value is -1.97. The van der Waals surface area contributed by atoms with Crippen molar-refractivity contribution < 1.29 is 9.26 Å². The fourth-order valence-electron chi connectivity index (χ4n) is 1.77. The van der Waals surface area contributed by atoms with Gasteiger partial charge in [-0.3, -0.25) is 0 Å². The summed E-state index contributed by atoms with van der Waals surface area (Å²) < 4.78 is 10.2. The number of nitrogen functional groups attached to an aromatic ring is 1. The minimum absolute atomic E-state index is 0.419. The van der Waals surface area contributed by atoms with Crippen LogP contribution in [-0.2, 0) is 0 Å². The van der Waals surface area contributed by atoms with E-state index in [2.05, 4.69) is 5.16 Å². The zero-order chi connectivity index (χ0) is 11.7. The second kappa shape index (κ2) is 3.89. The van der Waals surface area contributed by atoms with Gasteiger partial charge in [0.2, 0.25) is 0 Å². The highest BCUT2D eigenvalue weighted by Crippen LogP contribution is 2.31. The molecular formula is C12H14N2O2. The van der Waals surface area contributed by atoms with Crippen molar-refractivity contribution in [3.63, 3.8) is 0 Å². The summed E-state index contributed by atoms with van der Waals surface area (Å²) in [6.07, 6.45) is 0. The van der Waals surface area contributed by atoms with Crippen LogP contribution in [0.4, 0.5) is 5.82 Å². The van der Waals surface area contributed by atoms with E-state index in [0.717, 1.165) is 28.2 Å². The highest BCUT2D eigenvalue weighted by atomic mass is 16.5. The minimum Gasteiger partial charge on any atom is -0.496 e. The minimum atomic E-state index is 0.419. The molecule has 0 atom stereocenters. The number of hydrogen-bond acceptors (Lipinski definition) is 4. The van der Waals surface area contributed by atoms with Gasteiger partial charge < -0.3 is 15.0 Å². The fraction of sp³-hybridized carbons (Fsp3) is 0.250. The van der Waals surface area contributed by atoms with Crippen LogP contribution in [-0.4, -0.2) is 12.3 Å². The lowest BCUT2D eigenvalue weighted by Crippen LogP contribution is -1.91. The number of benzene rings is 1. The first-order valence-electron chi connectivity index (χ1n) is 5.00. The molecule has 2 aromatic rings. The second-order valence-corrected chi connectivity index (χ2v) is 3.68. The van der Waals surface area contributed by atoms with Crippen molar-refractivity contribution in [1.29, 1.82) is 0 Å². The SMILES string of the molecule is COc1ccc(-c2c(N)noc2C)cc1C. The monoisotopic (exact) mass is 218 g/mol. The largest absolute Gasteiger partial charge is 0.496 e.